The molecule has 0 aliphatic carbocycles. The van der Waals surface area contributed by atoms with Crippen LogP contribution in [0.4, 0.5) is 10.5 Å². The van der Waals surface area contributed by atoms with Crippen molar-refractivity contribution in [1.29, 1.82) is 0 Å². The third-order valence-electron chi connectivity index (χ3n) is 5.27. The molecule has 3 rings (SSSR count). The van der Waals surface area contributed by atoms with Crippen molar-refractivity contribution in [3.05, 3.63) is 29.8 Å². The molecule has 1 aromatic carbocycles. The normalized spacial score (nSPS) is 26.7. The molecule has 130 valence electrons. The molecule has 0 radical (unpaired) electrons. The Bertz CT molecular complexity index is 605. The Morgan fingerprint density at radius 1 is 1.38 bits per heavy atom. The minimum atomic E-state index is -0.402. The molecule has 0 saturated carbocycles. The molecule has 6 heteroatoms. The maximum absolute atomic E-state index is 12.3. The van der Waals surface area contributed by atoms with Gasteiger partial charge in [-0.25, -0.2) is 4.79 Å². The number of fused-ring (bicyclic) bond motifs is 2. The number of carbonyl (C=O) groups excluding carboxylic acids is 1. The Labute approximate surface area is 143 Å². The van der Waals surface area contributed by atoms with Crippen molar-refractivity contribution < 1.29 is 9.63 Å². The summed E-state index contributed by atoms with van der Waals surface area (Å²) < 4.78 is 0. The minimum absolute atomic E-state index is 0.137. The third kappa shape index (κ3) is 3.24. The molecule has 2 aliphatic heterocycles. The van der Waals surface area contributed by atoms with Crippen molar-refractivity contribution in [2.45, 2.75) is 50.7 Å². The van der Waals surface area contributed by atoms with Crippen LogP contribution in [0.5, 0.6) is 0 Å². The number of carbonyl (C=O) groups is 1. The summed E-state index contributed by atoms with van der Waals surface area (Å²) in [5.41, 5.74) is 7.42. The first-order valence-corrected chi connectivity index (χ1v) is 8.66. The molecule has 24 heavy (non-hydrogen) atoms. The van der Waals surface area contributed by atoms with Crippen LogP contribution in [0, 0.1) is 0 Å². The number of anilines is 1. The molecule has 1 aromatic rings. The number of para-hydroxylation sites is 1. The summed E-state index contributed by atoms with van der Waals surface area (Å²) in [5, 5.41) is 3.95. The van der Waals surface area contributed by atoms with Gasteiger partial charge in [0.2, 0.25) is 0 Å². The van der Waals surface area contributed by atoms with E-state index in [4.69, 9.17) is 10.6 Å². The highest BCUT2D eigenvalue weighted by atomic mass is 16.6. The van der Waals surface area contributed by atoms with Gasteiger partial charge in [0.15, 0.2) is 0 Å². The predicted octanol–water partition coefficient (Wildman–Crippen LogP) is 2.57. The number of hydrogen-bond acceptors (Lipinski definition) is 4. The summed E-state index contributed by atoms with van der Waals surface area (Å²) in [7, 11) is 2.19. The molecule has 0 spiro atoms. The molecule has 3 atom stereocenters. The topological polar surface area (TPSA) is 71.2 Å². The van der Waals surface area contributed by atoms with Crippen LogP contribution in [0.3, 0.4) is 0 Å². The van der Waals surface area contributed by atoms with Gasteiger partial charge in [-0.05, 0) is 45.7 Å². The van der Waals surface area contributed by atoms with Gasteiger partial charge in [-0.3, -0.25) is 4.90 Å². The Kier molecular flexibility index (Phi) is 5.04. The monoisotopic (exact) mass is 330 g/mol. The molecule has 2 amide bonds. The Morgan fingerprint density at radius 3 is 2.67 bits per heavy atom. The molecule has 2 saturated heterocycles. The number of oxime groups is 1. The zero-order chi connectivity index (χ0) is 17.1. The van der Waals surface area contributed by atoms with Crippen LogP contribution in [0.15, 0.2) is 29.4 Å². The van der Waals surface area contributed by atoms with Crippen molar-refractivity contribution in [1.82, 2.24) is 4.90 Å². The molecule has 2 aliphatic rings. The molecule has 1 unspecified atom stereocenters. The summed E-state index contributed by atoms with van der Waals surface area (Å²) >= 11 is 0. The standard InChI is InChI=1S/C18H26N4O2/c1-3-24-20-12-13-6-4-5-7-17(13)22(18(19)23)16-10-14-8-9-15(11-16)21(14)2/h4-7,12,14-16H,3,8-11H2,1-2H3,(H2,19,23)/b20-12+/t14-,15+,16?. The lowest BCUT2D eigenvalue weighted by atomic mass is 9.95. The van der Waals surface area contributed by atoms with Gasteiger partial charge in [0.05, 0.1) is 11.9 Å². The van der Waals surface area contributed by atoms with E-state index in [2.05, 4.69) is 17.1 Å². The van der Waals surface area contributed by atoms with Gasteiger partial charge in [0.1, 0.15) is 6.61 Å². The average Bonchev–Trinajstić information content (AvgIpc) is 2.78. The van der Waals surface area contributed by atoms with Gasteiger partial charge in [-0.1, -0.05) is 23.4 Å². The molecular weight excluding hydrogens is 304 g/mol. The summed E-state index contributed by atoms with van der Waals surface area (Å²) in [6.45, 7) is 2.39. The lowest BCUT2D eigenvalue weighted by Crippen LogP contribution is -2.52. The average molecular weight is 330 g/mol. The number of hydrogen-bond donors (Lipinski definition) is 1. The molecule has 2 heterocycles. The van der Waals surface area contributed by atoms with Crippen molar-refractivity contribution >= 4 is 17.9 Å². The highest BCUT2D eigenvalue weighted by Gasteiger charge is 2.41. The number of urea groups is 1. The van der Waals surface area contributed by atoms with E-state index in [9.17, 15) is 4.79 Å². The summed E-state index contributed by atoms with van der Waals surface area (Å²) in [6, 6.07) is 8.52. The van der Waals surface area contributed by atoms with Crippen LogP contribution in [-0.4, -0.2) is 48.9 Å². The quantitative estimate of drug-likeness (QED) is 0.666. The van der Waals surface area contributed by atoms with Crippen molar-refractivity contribution in [3.8, 4) is 0 Å². The van der Waals surface area contributed by atoms with E-state index >= 15 is 0 Å². The summed E-state index contributed by atoms with van der Waals surface area (Å²) in [5.74, 6) is 0. The first-order valence-electron chi connectivity index (χ1n) is 8.66. The van der Waals surface area contributed by atoms with Crippen molar-refractivity contribution in [3.63, 3.8) is 0 Å². The zero-order valence-corrected chi connectivity index (χ0v) is 14.4. The largest absolute Gasteiger partial charge is 0.396 e. The van der Waals surface area contributed by atoms with Gasteiger partial charge in [-0.15, -0.1) is 0 Å². The van der Waals surface area contributed by atoms with E-state index < -0.39 is 6.03 Å². The van der Waals surface area contributed by atoms with Crippen LogP contribution < -0.4 is 10.6 Å². The molecule has 0 aromatic heterocycles. The van der Waals surface area contributed by atoms with E-state index in [-0.39, 0.29) is 6.04 Å². The lowest BCUT2D eigenvalue weighted by Gasteiger charge is -2.41. The van der Waals surface area contributed by atoms with Crippen LogP contribution in [0.25, 0.3) is 0 Å². The smallest absolute Gasteiger partial charge is 0.319 e. The highest BCUT2D eigenvalue weighted by molar-refractivity contribution is 5.98. The van der Waals surface area contributed by atoms with Crippen molar-refractivity contribution in [2.24, 2.45) is 10.9 Å². The maximum atomic E-state index is 12.3. The highest BCUT2D eigenvalue weighted by Crippen LogP contribution is 2.38. The number of piperidine rings is 1. The lowest BCUT2D eigenvalue weighted by molar-refractivity contribution is 0.159. The van der Waals surface area contributed by atoms with Gasteiger partial charge in [0.25, 0.3) is 0 Å². The number of amides is 2. The predicted molar refractivity (Wildman–Crippen MR) is 95.3 cm³/mol. The fourth-order valence-electron chi connectivity index (χ4n) is 4.07. The Morgan fingerprint density at radius 2 is 2.04 bits per heavy atom. The number of nitrogens with zero attached hydrogens (tertiary/aromatic N) is 3. The number of benzene rings is 1. The van der Waals surface area contributed by atoms with E-state index in [0.717, 1.165) is 24.1 Å². The van der Waals surface area contributed by atoms with Crippen molar-refractivity contribution in [2.75, 3.05) is 18.6 Å². The molecule has 2 fully saturated rings. The third-order valence-corrected chi connectivity index (χ3v) is 5.27. The van der Waals surface area contributed by atoms with E-state index in [1.54, 1.807) is 11.1 Å². The SMILES string of the molecule is CCO/N=C/c1ccccc1N(C(N)=O)C1C[C@H]2CC[C@@H](C1)N2C. The van der Waals surface area contributed by atoms with E-state index in [1.807, 2.05) is 31.2 Å². The molecule has 6 nitrogen and oxygen atoms in total. The Hall–Kier alpha value is -2.08. The Balaban J connectivity index is 1.88. The fraction of sp³-hybridized carbons (Fsp3) is 0.556. The van der Waals surface area contributed by atoms with Gasteiger partial charge < -0.3 is 15.5 Å². The number of primary amides is 1. The second kappa shape index (κ2) is 7.21. The van der Waals surface area contributed by atoms with E-state index in [0.29, 0.717) is 18.7 Å². The van der Waals surface area contributed by atoms with Crippen LogP contribution in [0.1, 0.15) is 38.2 Å². The minimum Gasteiger partial charge on any atom is -0.396 e. The first kappa shape index (κ1) is 16.8. The van der Waals surface area contributed by atoms with Gasteiger partial charge in [0, 0.05) is 23.7 Å². The molecule has 2 N–H and O–H groups in total. The second-order valence-electron chi connectivity index (χ2n) is 6.60. The molecule has 2 bridgehead atoms. The summed E-state index contributed by atoms with van der Waals surface area (Å²) in [6.07, 6.45) is 5.99. The second-order valence-corrected chi connectivity index (χ2v) is 6.60. The zero-order valence-electron chi connectivity index (χ0n) is 14.4. The van der Waals surface area contributed by atoms with E-state index in [1.165, 1.54) is 12.8 Å². The first-order chi connectivity index (χ1) is 11.6. The number of rotatable bonds is 5. The van der Waals surface area contributed by atoms with Gasteiger partial charge >= 0.3 is 6.03 Å². The van der Waals surface area contributed by atoms with Gasteiger partial charge in [-0.2, -0.15) is 0 Å². The maximum Gasteiger partial charge on any atom is 0.319 e. The molecular formula is C18H26N4O2. The fourth-order valence-corrected chi connectivity index (χ4v) is 4.07. The van der Waals surface area contributed by atoms with Crippen LogP contribution >= 0.6 is 0 Å². The van der Waals surface area contributed by atoms with Crippen LogP contribution in [-0.2, 0) is 4.84 Å². The van der Waals surface area contributed by atoms with Crippen LogP contribution in [0.2, 0.25) is 0 Å². The number of nitrogens with two attached hydrogens (primary N) is 1. The summed E-state index contributed by atoms with van der Waals surface area (Å²) in [4.78, 5) is 21.5.